The van der Waals surface area contributed by atoms with Gasteiger partial charge in [0.15, 0.2) is 0 Å². The van der Waals surface area contributed by atoms with Crippen LogP contribution in [0.2, 0.25) is 0 Å². The molecule has 0 radical (unpaired) electrons. The maximum Gasteiger partial charge on any atom is 0.140 e. The molecule has 17 heavy (non-hydrogen) atoms. The molecule has 0 aliphatic rings. The Balaban J connectivity index is 3.63. The molecule has 0 fully saturated rings. The lowest BCUT2D eigenvalue weighted by atomic mass is 10.0. The monoisotopic (exact) mass is 240 g/mol. The molecule has 0 aromatic carbocycles. The van der Waals surface area contributed by atoms with Gasteiger partial charge in [-0.2, -0.15) is 0 Å². The average molecular weight is 240 g/mol. The fraction of sp³-hybridized carbons (Fsp3) is 0.692. The van der Waals surface area contributed by atoms with Gasteiger partial charge < -0.3 is 0 Å². The summed E-state index contributed by atoms with van der Waals surface area (Å²) in [6.45, 7) is 3.15. The molecule has 0 aromatic rings. The quantitative estimate of drug-likeness (QED) is 0.548. The molecule has 0 N–H and O–H groups in total. The number of Topliss-reactive ketones (excluding diaryl/α,β-unsaturated/α-hetero) is 4. The Morgan fingerprint density at radius 1 is 0.765 bits per heavy atom. The van der Waals surface area contributed by atoms with Crippen LogP contribution in [0.5, 0.6) is 0 Å². The van der Waals surface area contributed by atoms with Gasteiger partial charge in [-0.05, 0) is 13.3 Å². The van der Waals surface area contributed by atoms with Gasteiger partial charge in [0.25, 0.3) is 0 Å². The summed E-state index contributed by atoms with van der Waals surface area (Å²) >= 11 is 0. The predicted octanol–water partition coefficient (Wildman–Crippen LogP) is 2.03. The van der Waals surface area contributed by atoms with Crippen LogP contribution in [0.3, 0.4) is 0 Å². The summed E-state index contributed by atoms with van der Waals surface area (Å²) in [5.41, 5.74) is 0. The van der Waals surface area contributed by atoms with Crippen LogP contribution in [-0.2, 0) is 19.2 Å². The molecule has 0 aliphatic heterocycles. The third-order valence-corrected chi connectivity index (χ3v) is 2.43. The fourth-order valence-corrected chi connectivity index (χ4v) is 1.43. The number of carbonyl (C=O) groups is 4. The maximum absolute atomic E-state index is 11.4. The Labute approximate surface area is 102 Å². The number of carbonyl (C=O) groups excluding carboxylic acids is 4. The second-order valence-electron chi connectivity index (χ2n) is 4.20. The molecular weight excluding hydrogens is 220 g/mol. The molecule has 4 nitrogen and oxygen atoms in total. The molecule has 4 heteroatoms. The van der Waals surface area contributed by atoms with E-state index in [4.69, 9.17) is 0 Å². The summed E-state index contributed by atoms with van der Waals surface area (Å²) in [5, 5.41) is 0. The van der Waals surface area contributed by atoms with Crippen molar-refractivity contribution in [1.82, 2.24) is 0 Å². The zero-order valence-corrected chi connectivity index (χ0v) is 10.6. The van der Waals surface area contributed by atoms with Crippen molar-refractivity contribution in [3.63, 3.8) is 0 Å². The highest BCUT2D eigenvalue weighted by Crippen LogP contribution is 2.05. The Kier molecular flexibility index (Phi) is 8.11. The van der Waals surface area contributed by atoms with E-state index >= 15 is 0 Å². The summed E-state index contributed by atoms with van der Waals surface area (Å²) < 4.78 is 0. The zero-order valence-electron chi connectivity index (χ0n) is 10.6. The molecule has 0 bridgehead atoms. The van der Waals surface area contributed by atoms with E-state index in [2.05, 4.69) is 0 Å². The van der Waals surface area contributed by atoms with E-state index in [1.165, 1.54) is 6.92 Å². The van der Waals surface area contributed by atoms with Crippen molar-refractivity contribution in [2.24, 2.45) is 0 Å². The lowest BCUT2D eigenvalue weighted by Crippen LogP contribution is -2.08. The van der Waals surface area contributed by atoms with Gasteiger partial charge in [0.1, 0.15) is 23.1 Å². The highest BCUT2D eigenvalue weighted by molar-refractivity contribution is 5.99. The summed E-state index contributed by atoms with van der Waals surface area (Å²) in [7, 11) is 0. The molecule has 0 spiro atoms. The summed E-state index contributed by atoms with van der Waals surface area (Å²) in [5.74, 6) is -0.206. The Bertz CT molecular complexity index is 305. The standard InChI is InChI=1S/C13H20O4/c1-3-11(15)5-4-6-12(16)7-8-13(17)9-10(2)14/h3-9H2,1-2H3. The van der Waals surface area contributed by atoms with Gasteiger partial charge in [0, 0.05) is 32.1 Å². The van der Waals surface area contributed by atoms with Crippen molar-refractivity contribution in [2.75, 3.05) is 0 Å². The molecule has 0 saturated heterocycles. The van der Waals surface area contributed by atoms with Crippen LogP contribution in [0.4, 0.5) is 0 Å². The lowest BCUT2D eigenvalue weighted by molar-refractivity contribution is -0.128. The van der Waals surface area contributed by atoms with Crippen LogP contribution < -0.4 is 0 Å². The van der Waals surface area contributed by atoms with Crippen molar-refractivity contribution in [2.45, 2.75) is 58.8 Å². The van der Waals surface area contributed by atoms with E-state index in [0.717, 1.165) is 0 Å². The highest BCUT2D eigenvalue weighted by atomic mass is 16.2. The maximum atomic E-state index is 11.4. The summed E-state index contributed by atoms with van der Waals surface area (Å²) in [6, 6.07) is 0. The smallest absolute Gasteiger partial charge is 0.140 e. The normalized spacial score (nSPS) is 10.0. The number of hydrogen-bond acceptors (Lipinski definition) is 4. The topological polar surface area (TPSA) is 68.3 Å². The van der Waals surface area contributed by atoms with E-state index in [9.17, 15) is 19.2 Å². The molecule has 0 aromatic heterocycles. The van der Waals surface area contributed by atoms with Crippen LogP contribution in [0.25, 0.3) is 0 Å². The first-order valence-corrected chi connectivity index (χ1v) is 6.00. The van der Waals surface area contributed by atoms with Crippen molar-refractivity contribution >= 4 is 23.1 Å². The summed E-state index contributed by atoms with van der Waals surface area (Å²) in [6.07, 6.45) is 2.09. The van der Waals surface area contributed by atoms with E-state index in [0.29, 0.717) is 25.7 Å². The average Bonchev–Trinajstić information content (AvgIpc) is 2.25. The number of ketones is 4. The largest absolute Gasteiger partial charge is 0.300 e. The van der Waals surface area contributed by atoms with Gasteiger partial charge in [0.2, 0.25) is 0 Å². The molecule has 0 aliphatic carbocycles. The van der Waals surface area contributed by atoms with Crippen molar-refractivity contribution in [3.8, 4) is 0 Å². The number of hydrogen-bond donors (Lipinski definition) is 0. The SMILES string of the molecule is CCC(=O)CCCC(=O)CCC(=O)CC(C)=O. The van der Waals surface area contributed by atoms with Crippen LogP contribution in [-0.4, -0.2) is 23.1 Å². The van der Waals surface area contributed by atoms with E-state index in [1.54, 1.807) is 6.92 Å². The zero-order chi connectivity index (χ0) is 13.3. The minimum Gasteiger partial charge on any atom is -0.300 e. The second-order valence-corrected chi connectivity index (χ2v) is 4.20. The Morgan fingerprint density at radius 2 is 1.29 bits per heavy atom. The molecule has 0 unspecified atom stereocenters. The molecule has 0 heterocycles. The predicted molar refractivity (Wildman–Crippen MR) is 63.7 cm³/mol. The molecule has 0 atom stereocenters. The van der Waals surface area contributed by atoms with Gasteiger partial charge in [-0.1, -0.05) is 6.92 Å². The Hall–Kier alpha value is -1.32. The van der Waals surface area contributed by atoms with Crippen LogP contribution in [0.1, 0.15) is 58.8 Å². The minimum atomic E-state index is -0.185. The first-order valence-electron chi connectivity index (χ1n) is 6.00. The number of rotatable bonds is 10. The van der Waals surface area contributed by atoms with Gasteiger partial charge in [-0.3, -0.25) is 19.2 Å². The highest BCUT2D eigenvalue weighted by Gasteiger charge is 2.09. The van der Waals surface area contributed by atoms with Crippen molar-refractivity contribution in [1.29, 1.82) is 0 Å². The third-order valence-electron chi connectivity index (χ3n) is 2.43. The van der Waals surface area contributed by atoms with Crippen LogP contribution >= 0.6 is 0 Å². The van der Waals surface area contributed by atoms with Gasteiger partial charge in [0.05, 0.1) is 6.42 Å². The minimum absolute atomic E-state index is 0.00851. The molecule has 96 valence electrons. The lowest BCUT2D eigenvalue weighted by Gasteiger charge is -2.00. The van der Waals surface area contributed by atoms with E-state index in [1.807, 2.05) is 0 Å². The molecule has 0 amide bonds. The van der Waals surface area contributed by atoms with Crippen LogP contribution in [0, 0.1) is 0 Å². The first-order chi connectivity index (χ1) is 7.95. The van der Waals surface area contributed by atoms with E-state index in [-0.39, 0.29) is 42.4 Å². The van der Waals surface area contributed by atoms with Crippen molar-refractivity contribution < 1.29 is 19.2 Å². The Morgan fingerprint density at radius 3 is 1.82 bits per heavy atom. The second kappa shape index (κ2) is 8.79. The van der Waals surface area contributed by atoms with E-state index < -0.39 is 0 Å². The van der Waals surface area contributed by atoms with Gasteiger partial charge >= 0.3 is 0 Å². The molecular formula is C13H20O4. The molecule has 0 saturated carbocycles. The summed E-state index contributed by atoms with van der Waals surface area (Å²) in [4.78, 5) is 44.1. The first kappa shape index (κ1) is 15.7. The fourth-order valence-electron chi connectivity index (χ4n) is 1.43. The van der Waals surface area contributed by atoms with Crippen molar-refractivity contribution in [3.05, 3.63) is 0 Å². The van der Waals surface area contributed by atoms with Crippen LogP contribution in [0.15, 0.2) is 0 Å². The molecule has 0 rings (SSSR count). The van der Waals surface area contributed by atoms with Gasteiger partial charge in [-0.15, -0.1) is 0 Å². The third kappa shape index (κ3) is 9.60. The van der Waals surface area contributed by atoms with Gasteiger partial charge in [-0.25, -0.2) is 0 Å².